The van der Waals surface area contributed by atoms with E-state index < -0.39 is 7.05 Å². The summed E-state index contributed by atoms with van der Waals surface area (Å²) in [7, 11) is -0.979. The molecule has 0 aliphatic carbocycles. The first-order chi connectivity index (χ1) is 8.27. The minimum Gasteiger partial charge on any atom is -0.226 e. The van der Waals surface area contributed by atoms with Crippen LogP contribution >= 0.6 is 14.6 Å². The highest BCUT2D eigenvalue weighted by molar-refractivity contribution is 7.98. The highest BCUT2D eigenvalue weighted by Crippen LogP contribution is 2.45. The van der Waals surface area contributed by atoms with Crippen LogP contribution in [0.1, 0.15) is 0 Å². The number of hydrogen-bond acceptors (Lipinski definition) is 1. The highest BCUT2D eigenvalue weighted by atomic mass is 32.4. The van der Waals surface area contributed by atoms with Gasteiger partial charge in [-0.3, -0.25) is 0 Å². The van der Waals surface area contributed by atoms with Crippen molar-refractivity contribution in [2.45, 2.75) is 0 Å². The summed E-state index contributed by atoms with van der Waals surface area (Å²) in [5.74, 6) is 0. The molecular formula is C13H13NP2S. The van der Waals surface area contributed by atoms with Crippen molar-refractivity contribution in [3.05, 3.63) is 60.7 Å². The van der Waals surface area contributed by atoms with E-state index in [1.54, 1.807) is 0 Å². The van der Waals surface area contributed by atoms with Crippen LogP contribution in [0.5, 0.6) is 0 Å². The standard InChI is InChI=1S/C13H13NP2S/c1-16(14-15-17,12-8-4-2-5-9-12)13-10-6-3-7-11-13/h2-11H,1H3. The molecule has 0 amide bonds. The zero-order valence-corrected chi connectivity index (χ0v) is 12.1. The molecule has 2 rings (SSSR count). The third kappa shape index (κ3) is 2.72. The van der Waals surface area contributed by atoms with Crippen LogP contribution in [0.4, 0.5) is 0 Å². The average Bonchev–Trinajstić information content (AvgIpc) is 2.41. The molecule has 0 radical (unpaired) electrons. The van der Waals surface area contributed by atoms with E-state index in [1.807, 2.05) is 12.1 Å². The summed E-state index contributed by atoms with van der Waals surface area (Å²) >= 11 is 5.03. The zero-order valence-electron chi connectivity index (χ0n) is 9.52. The second-order valence-electron chi connectivity index (χ2n) is 3.80. The summed E-state index contributed by atoms with van der Waals surface area (Å²) in [6.07, 6.45) is 0. The Bertz CT molecular complexity index is 509. The fraction of sp³-hybridized carbons (Fsp3) is 0.0769. The topological polar surface area (TPSA) is 12.4 Å². The largest absolute Gasteiger partial charge is 0.226 e. The smallest absolute Gasteiger partial charge is 0.114 e. The summed E-state index contributed by atoms with van der Waals surface area (Å²) < 4.78 is 4.69. The maximum atomic E-state index is 5.03. The Morgan fingerprint density at radius 1 is 0.882 bits per heavy atom. The van der Waals surface area contributed by atoms with Gasteiger partial charge < -0.3 is 0 Å². The monoisotopic (exact) mass is 277 g/mol. The lowest BCUT2D eigenvalue weighted by Crippen LogP contribution is -2.14. The summed E-state index contributed by atoms with van der Waals surface area (Å²) in [5, 5.41) is 2.56. The first-order valence-electron chi connectivity index (χ1n) is 5.30. The molecule has 0 bridgehead atoms. The lowest BCUT2D eigenvalue weighted by atomic mass is 10.4. The van der Waals surface area contributed by atoms with Crippen LogP contribution in [0, 0.1) is 0 Å². The molecule has 2 aromatic rings. The van der Waals surface area contributed by atoms with E-state index in [-0.39, 0.29) is 0 Å². The molecular weight excluding hydrogens is 264 g/mol. The van der Waals surface area contributed by atoms with E-state index in [0.29, 0.717) is 7.51 Å². The van der Waals surface area contributed by atoms with Crippen LogP contribution < -0.4 is 10.6 Å². The van der Waals surface area contributed by atoms with Gasteiger partial charge in [0.25, 0.3) is 0 Å². The van der Waals surface area contributed by atoms with Gasteiger partial charge in [-0.1, -0.05) is 60.7 Å². The minimum atomic E-state index is -1.67. The predicted molar refractivity (Wildman–Crippen MR) is 81.7 cm³/mol. The third-order valence-corrected chi connectivity index (χ3v) is 7.72. The van der Waals surface area contributed by atoms with Gasteiger partial charge in [-0.25, -0.2) is 4.52 Å². The van der Waals surface area contributed by atoms with Gasteiger partial charge >= 0.3 is 0 Å². The Hall–Kier alpha value is -0.810. The molecule has 1 nitrogen and oxygen atoms in total. The molecule has 0 heterocycles. The molecule has 0 N–H and O–H groups in total. The molecule has 0 atom stereocenters. The quantitative estimate of drug-likeness (QED) is 0.777. The molecule has 0 fully saturated rings. The number of benzene rings is 2. The minimum absolute atomic E-state index is 0.687. The molecule has 0 unspecified atom stereocenters. The molecule has 0 spiro atoms. The van der Waals surface area contributed by atoms with Gasteiger partial charge in [0, 0.05) is 7.05 Å². The van der Waals surface area contributed by atoms with Crippen molar-refractivity contribution in [1.29, 1.82) is 0 Å². The van der Waals surface area contributed by atoms with Crippen molar-refractivity contribution in [1.82, 2.24) is 0 Å². The number of hydrogen-bond donors (Lipinski definition) is 0. The molecule has 4 heteroatoms. The second kappa shape index (κ2) is 5.69. The van der Waals surface area contributed by atoms with Gasteiger partial charge in [0.05, 0.1) is 0 Å². The Labute approximate surface area is 109 Å². The van der Waals surface area contributed by atoms with E-state index in [9.17, 15) is 0 Å². The Kier molecular flexibility index (Phi) is 4.23. The van der Waals surface area contributed by atoms with Crippen LogP contribution in [0.15, 0.2) is 65.2 Å². The fourth-order valence-electron chi connectivity index (χ4n) is 1.76. The zero-order chi connectivity index (χ0) is 12.1. The van der Waals surface area contributed by atoms with Crippen molar-refractivity contribution in [3.63, 3.8) is 0 Å². The SMILES string of the molecule is CP(=NP=S)(c1ccccc1)c1ccccc1. The Morgan fingerprint density at radius 2 is 1.29 bits per heavy atom. The first-order valence-corrected chi connectivity index (χ1v) is 9.35. The van der Waals surface area contributed by atoms with E-state index in [1.165, 1.54) is 10.6 Å². The fourth-order valence-corrected chi connectivity index (χ4v) is 6.29. The molecule has 2 aromatic carbocycles. The summed E-state index contributed by atoms with van der Waals surface area (Å²) in [6.45, 7) is 2.22. The van der Waals surface area contributed by atoms with E-state index in [0.717, 1.165) is 0 Å². The van der Waals surface area contributed by atoms with Gasteiger partial charge in [0.1, 0.15) is 7.51 Å². The molecule has 0 saturated heterocycles. The summed E-state index contributed by atoms with van der Waals surface area (Å²) in [6, 6.07) is 20.9. The van der Waals surface area contributed by atoms with Gasteiger partial charge in [-0.2, -0.15) is 0 Å². The molecule has 0 aromatic heterocycles. The van der Waals surface area contributed by atoms with Crippen molar-refractivity contribution in [2.24, 2.45) is 4.52 Å². The Morgan fingerprint density at radius 3 is 1.65 bits per heavy atom. The van der Waals surface area contributed by atoms with Gasteiger partial charge in [0.2, 0.25) is 0 Å². The van der Waals surface area contributed by atoms with Crippen LogP contribution in [0.2, 0.25) is 0 Å². The maximum absolute atomic E-state index is 5.03. The highest BCUT2D eigenvalue weighted by Gasteiger charge is 2.17. The van der Waals surface area contributed by atoms with Gasteiger partial charge in [-0.15, -0.1) is 0 Å². The Balaban J connectivity index is 2.64. The molecule has 86 valence electrons. The van der Waals surface area contributed by atoms with E-state index in [2.05, 4.69) is 55.2 Å². The predicted octanol–water partition coefficient (Wildman–Crippen LogP) is 3.79. The summed E-state index contributed by atoms with van der Waals surface area (Å²) in [5.41, 5.74) is 0. The third-order valence-electron chi connectivity index (χ3n) is 2.73. The lowest BCUT2D eigenvalue weighted by Gasteiger charge is -2.19. The normalized spacial score (nSPS) is 11.4. The number of rotatable bonds is 3. The van der Waals surface area contributed by atoms with Crippen LogP contribution in [-0.4, -0.2) is 6.66 Å². The lowest BCUT2D eigenvalue weighted by molar-refractivity contribution is 1.73. The van der Waals surface area contributed by atoms with E-state index >= 15 is 0 Å². The van der Waals surface area contributed by atoms with Crippen LogP contribution in [0.25, 0.3) is 0 Å². The van der Waals surface area contributed by atoms with Crippen LogP contribution in [0.3, 0.4) is 0 Å². The van der Waals surface area contributed by atoms with Crippen molar-refractivity contribution >= 4 is 37.0 Å². The summed E-state index contributed by atoms with van der Waals surface area (Å²) in [4.78, 5) is 0. The maximum Gasteiger partial charge on any atom is 0.114 e. The molecule has 0 saturated carbocycles. The molecule has 0 aliphatic heterocycles. The van der Waals surface area contributed by atoms with Crippen LogP contribution in [-0.2, 0) is 11.8 Å². The van der Waals surface area contributed by atoms with Crippen molar-refractivity contribution < 1.29 is 0 Å². The first kappa shape index (κ1) is 12.6. The number of nitrogens with zero attached hydrogens (tertiary/aromatic N) is 1. The van der Waals surface area contributed by atoms with Gasteiger partial charge in [-0.05, 0) is 29.1 Å². The molecule has 17 heavy (non-hydrogen) atoms. The van der Waals surface area contributed by atoms with E-state index in [4.69, 9.17) is 16.3 Å². The van der Waals surface area contributed by atoms with Gasteiger partial charge in [0.15, 0.2) is 0 Å². The van der Waals surface area contributed by atoms with Crippen molar-refractivity contribution in [2.75, 3.05) is 6.66 Å². The van der Waals surface area contributed by atoms with Crippen molar-refractivity contribution in [3.8, 4) is 0 Å². The molecule has 0 aliphatic rings. The second-order valence-corrected chi connectivity index (χ2v) is 8.12. The average molecular weight is 277 g/mol.